The van der Waals surface area contributed by atoms with Crippen LogP contribution in [0.2, 0.25) is 0 Å². The van der Waals surface area contributed by atoms with Gasteiger partial charge in [-0.3, -0.25) is 0 Å². The average Bonchev–Trinajstić information content (AvgIpc) is 2.81. The van der Waals surface area contributed by atoms with Crippen molar-refractivity contribution >= 4 is 0 Å². The summed E-state index contributed by atoms with van der Waals surface area (Å²) in [5.41, 5.74) is 1.83. The van der Waals surface area contributed by atoms with Crippen LogP contribution in [0.25, 0.3) is 0 Å². The number of hydrogen-bond acceptors (Lipinski definition) is 1. The van der Waals surface area contributed by atoms with Crippen molar-refractivity contribution in [2.75, 3.05) is 6.54 Å². The molecule has 1 nitrogen and oxygen atoms in total. The molecule has 1 atom stereocenters. The van der Waals surface area contributed by atoms with Crippen molar-refractivity contribution in [2.45, 2.75) is 52.0 Å². The Balaban J connectivity index is 2.12. The molecular formula is C16H24FN. The van der Waals surface area contributed by atoms with E-state index in [1.165, 1.54) is 25.7 Å². The summed E-state index contributed by atoms with van der Waals surface area (Å²) in [5, 5.41) is 3.45. The van der Waals surface area contributed by atoms with Crippen LogP contribution in [-0.4, -0.2) is 6.54 Å². The van der Waals surface area contributed by atoms with Crippen LogP contribution in [0.1, 0.15) is 56.2 Å². The highest BCUT2D eigenvalue weighted by Gasteiger charge is 2.22. The molecule has 18 heavy (non-hydrogen) atoms. The maximum atomic E-state index is 14.1. The van der Waals surface area contributed by atoms with E-state index in [1.807, 2.05) is 19.1 Å². The third-order valence-electron chi connectivity index (χ3n) is 4.03. The molecule has 0 aliphatic heterocycles. The van der Waals surface area contributed by atoms with Gasteiger partial charge in [0.15, 0.2) is 0 Å². The van der Waals surface area contributed by atoms with E-state index in [1.54, 1.807) is 6.07 Å². The summed E-state index contributed by atoms with van der Waals surface area (Å²) in [6.45, 7) is 4.92. The van der Waals surface area contributed by atoms with Crippen LogP contribution in [0.15, 0.2) is 18.2 Å². The second-order valence-electron chi connectivity index (χ2n) is 5.52. The highest BCUT2D eigenvalue weighted by Crippen LogP contribution is 2.33. The van der Waals surface area contributed by atoms with Crippen molar-refractivity contribution in [3.8, 4) is 0 Å². The van der Waals surface area contributed by atoms with Gasteiger partial charge in [-0.1, -0.05) is 44.7 Å². The molecule has 0 saturated heterocycles. The first-order valence-electron chi connectivity index (χ1n) is 7.20. The largest absolute Gasteiger partial charge is 0.310 e. The summed E-state index contributed by atoms with van der Waals surface area (Å²) >= 11 is 0. The average molecular weight is 249 g/mol. The molecule has 0 amide bonds. The summed E-state index contributed by atoms with van der Waals surface area (Å²) in [6, 6.07) is 5.79. The van der Waals surface area contributed by atoms with Crippen LogP contribution in [0.4, 0.5) is 4.39 Å². The molecule has 1 fully saturated rings. The normalized spacial score (nSPS) is 18.2. The number of benzene rings is 1. The lowest BCUT2D eigenvalue weighted by Crippen LogP contribution is -2.24. The lowest BCUT2D eigenvalue weighted by Gasteiger charge is -2.22. The molecule has 1 aromatic carbocycles. The van der Waals surface area contributed by atoms with Crippen molar-refractivity contribution in [1.82, 2.24) is 5.32 Å². The smallest absolute Gasteiger partial charge is 0.128 e. The fourth-order valence-corrected chi connectivity index (χ4v) is 3.06. The van der Waals surface area contributed by atoms with Crippen molar-refractivity contribution in [3.63, 3.8) is 0 Å². The number of aryl methyl sites for hydroxylation is 1. The van der Waals surface area contributed by atoms with Gasteiger partial charge in [0.1, 0.15) is 5.82 Å². The monoisotopic (exact) mass is 249 g/mol. The van der Waals surface area contributed by atoms with Gasteiger partial charge in [-0.2, -0.15) is 0 Å². The van der Waals surface area contributed by atoms with E-state index in [0.717, 1.165) is 30.0 Å². The Bertz CT molecular complexity index is 383. The van der Waals surface area contributed by atoms with Gasteiger partial charge in [-0.15, -0.1) is 0 Å². The summed E-state index contributed by atoms with van der Waals surface area (Å²) in [5.74, 6) is 0.716. The van der Waals surface area contributed by atoms with Crippen LogP contribution >= 0.6 is 0 Å². The van der Waals surface area contributed by atoms with Gasteiger partial charge in [-0.05, 0) is 37.4 Å². The Morgan fingerprint density at radius 2 is 2.06 bits per heavy atom. The zero-order chi connectivity index (χ0) is 13.0. The Hall–Kier alpha value is -0.890. The second kappa shape index (κ2) is 6.33. The summed E-state index contributed by atoms with van der Waals surface area (Å²) in [6.07, 6.45) is 6.40. The van der Waals surface area contributed by atoms with Crippen LogP contribution in [0.5, 0.6) is 0 Å². The Morgan fingerprint density at radius 3 is 2.67 bits per heavy atom. The molecule has 0 aromatic heterocycles. The highest BCUT2D eigenvalue weighted by molar-refractivity contribution is 5.26. The Kier molecular flexibility index (Phi) is 4.76. The topological polar surface area (TPSA) is 12.0 Å². The number of halogens is 1. The molecule has 0 bridgehead atoms. The van der Waals surface area contributed by atoms with Gasteiger partial charge >= 0.3 is 0 Å². The molecule has 1 aliphatic carbocycles. The Labute approximate surface area is 110 Å². The molecular weight excluding hydrogens is 225 g/mol. The van der Waals surface area contributed by atoms with Crippen molar-refractivity contribution in [2.24, 2.45) is 5.92 Å². The lowest BCUT2D eigenvalue weighted by atomic mass is 9.93. The van der Waals surface area contributed by atoms with E-state index in [4.69, 9.17) is 0 Å². The molecule has 0 radical (unpaired) electrons. The molecule has 1 aliphatic rings. The zero-order valence-electron chi connectivity index (χ0n) is 11.5. The maximum Gasteiger partial charge on any atom is 0.128 e. The van der Waals surface area contributed by atoms with Gasteiger partial charge in [0.25, 0.3) is 0 Å². The minimum Gasteiger partial charge on any atom is -0.310 e. The van der Waals surface area contributed by atoms with E-state index in [9.17, 15) is 4.39 Å². The summed E-state index contributed by atoms with van der Waals surface area (Å²) in [4.78, 5) is 0. The van der Waals surface area contributed by atoms with Crippen LogP contribution in [0.3, 0.4) is 0 Å². The van der Waals surface area contributed by atoms with Crippen molar-refractivity contribution in [3.05, 3.63) is 35.1 Å². The van der Waals surface area contributed by atoms with Gasteiger partial charge in [-0.25, -0.2) is 4.39 Å². The summed E-state index contributed by atoms with van der Waals surface area (Å²) in [7, 11) is 0. The molecule has 1 unspecified atom stereocenters. The third kappa shape index (κ3) is 3.32. The predicted molar refractivity (Wildman–Crippen MR) is 74.1 cm³/mol. The van der Waals surface area contributed by atoms with Gasteiger partial charge in [0, 0.05) is 11.6 Å². The standard InChI is InChI=1S/C16H24FN/c1-3-18-16(11-13-6-4-5-7-13)14-9-8-12(2)10-15(14)17/h8-10,13,16,18H,3-7,11H2,1-2H3. The van der Waals surface area contributed by atoms with Crippen molar-refractivity contribution < 1.29 is 4.39 Å². The second-order valence-corrected chi connectivity index (χ2v) is 5.52. The van der Waals surface area contributed by atoms with E-state index in [2.05, 4.69) is 12.2 Å². The first-order chi connectivity index (χ1) is 8.70. The lowest BCUT2D eigenvalue weighted by molar-refractivity contribution is 0.391. The fourth-order valence-electron chi connectivity index (χ4n) is 3.06. The molecule has 2 heteroatoms. The SMILES string of the molecule is CCNC(CC1CCCC1)c1ccc(C)cc1F. The molecule has 0 heterocycles. The van der Waals surface area contributed by atoms with Gasteiger partial charge in [0.2, 0.25) is 0 Å². The highest BCUT2D eigenvalue weighted by atomic mass is 19.1. The molecule has 0 spiro atoms. The van der Waals surface area contributed by atoms with E-state index in [0.29, 0.717) is 0 Å². The Morgan fingerprint density at radius 1 is 1.33 bits per heavy atom. The first kappa shape index (κ1) is 13.5. The fraction of sp³-hybridized carbons (Fsp3) is 0.625. The molecule has 2 rings (SSSR count). The maximum absolute atomic E-state index is 14.1. The minimum absolute atomic E-state index is 0.0565. The van der Waals surface area contributed by atoms with Gasteiger partial charge < -0.3 is 5.32 Å². The van der Waals surface area contributed by atoms with Gasteiger partial charge in [0.05, 0.1) is 0 Å². The quantitative estimate of drug-likeness (QED) is 0.817. The number of rotatable bonds is 5. The van der Waals surface area contributed by atoms with Crippen LogP contribution in [0, 0.1) is 18.7 Å². The van der Waals surface area contributed by atoms with Crippen LogP contribution < -0.4 is 5.32 Å². The zero-order valence-corrected chi connectivity index (χ0v) is 11.5. The molecule has 1 aromatic rings. The van der Waals surface area contributed by atoms with E-state index >= 15 is 0 Å². The number of hydrogen-bond donors (Lipinski definition) is 1. The van der Waals surface area contributed by atoms with Crippen LogP contribution in [-0.2, 0) is 0 Å². The first-order valence-corrected chi connectivity index (χ1v) is 7.20. The minimum atomic E-state index is -0.0565. The van der Waals surface area contributed by atoms with E-state index < -0.39 is 0 Å². The van der Waals surface area contributed by atoms with E-state index in [-0.39, 0.29) is 11.9 Å². The molecule has 100 valence electrons. The third-order valence-corrected chi connectivity index (χ3v) is 4.03. The summed E-state index contributed by atoms with van der Waals surface area (Å²) < 4.78 is 14.1. The molecule has 1 saturated carbocycles. The predicted octanol–water partition coefficient (Wildman–Crippen LogP) is 4.37. The van der Waals surface area contributed by atoms with Crippen molar-refractivity contribution in [1.29, 1.82) is 0 Å². The number of nitrogens with one attached hydrogen (secondary N) is 1. The molecule has 1 N–H and O–H groups in total.